The summed E-state index contributed by atoms with van der Waals surface area (Å²) in [6.45, 7) is 0. The summed E-state index contributed by atoms with van der Waals surface area (Å²) >= 11 is 0. The molecule has 182 valence electrons. The van der Waals surface area contributed by atoms with Crippen molar-refractivity contribution in [1.29, 1.82) is 0 Å². The Balaban J connectivity index is 2.31. The Bertz CT molecular complexity index is 1430. The number of hydrogen-bond donors (Lipinski definition) is 0. The van der Waals surface area contributed by atoms with Crippen LogP contribution < -0.4 is 3.71 Å². The van der Waals surface area contributed by atoms with Gasteiger partial charge in [-0.1, -0.05) is 12.1 Å². The number of hydrogen-bond acceptors (Lipinski definition) is 10. The van der Waals surface area contributed by atoms with E-state index in [1.165, 1.54) is 12.1 Å². The van der Waals surface area contributed by atoms with E-state index in [0.717, 1.165) is 67.8 Å². The molecule has 0 aliphatic carbocycles. The molecule has 13 nitrogen and oxygen atoms in total. The lowest BCUT2D eigenvalue weighted by molar-refractivity contribution is -0.385. The van der Waals surface area contributed by atoms with Crippen LogP contribution in [0.25, 0.3) is 0 Å². The lowest BCUT2D eigenvalue weighted by Crippen LogP contribution is -2.38. The van der Waals surface area contributed by atoms with E-state index < -0.39 is 68.3 Å². The van der Waals surface area contributed by atoms with Gasteiger partial charge in [-0.15, -0.1) is 0 Å². The molecule has 0 unspecified atom stereocenters. The number of benzene rings is 3. The van der Waals surface area contributed by atoms with Gasteiger partial charge < -0.3 is 4.74 Å². The van der Waals surface area contributed by atoms with E-state index in [2.05, 4.69) is 4.74 Å². The van der Waals surface area contributed by atoms with Gasteiger partial charge in [-0.3, -0.25) is 20.2 Å². The molecule has 0 saturated carbocycles. The first kappa shape index (κ1) is 25.3. The predicted molar refractivity (Wildman–Crippen MR) is 121 cm³/mol. The molecule has 3 aromatic carbocycles. The van der Waals surface area contributed by atoms with Crippen LogP contribution in [0.4, 0.5) is 17.1 Å². The molecule has 35 heavy (non-hydrogen) atoms. The normalized spacial score (nSPS) is 11.5. The monoisotopic (exact) mass is 521 g/mol. The molecule has 3 aromatic rings. The number of carbonyl (C=O) groups excluding carboxylic acids is 1. The number of anilines is 1. The number of esters is 1. The van der Waals surface area contributed by atoms with Crippen LogP contribution >= 0.6 is 0 Å². The van der Waals surface area contributed by atoms with Gasteiger partial charge >= 0.3 is 5.97 Å². The molecule has 0 heterocycles. The molecule has 0 saturated heterocycles. The standard InChI is InChI=1S/C20H15N3O10S2/c1-33-20(24)18-4-2-3-5-19(18)23(34(29,30)16-10-6-14(7-11-16)21(25)26)35(31,32)17-12-8-15(9-13-17)22(27)28/h2-13H,1H3. The average Bonchev–Trinajstić information content (AvgIpc) is 2.83. The van der Waals surface area contributed by atoms with Crippen molar-refractivity contribution in [3.8, 4) is 0 Å². The van der Waals surface area contributed by atoms with E-state index in [-0.39, 0.29) is 3.71 Å². The Morgan fingerprint density at radius 1 is 0.743 bits per heavy atom. The zero-order chi connectivity index (χ0) is 26.0. The van der Waals surface area contributed by atoms with Crippen molar-refractivity contribution in [2.75, 3.05) is 10.8 Å². The predicted octanol–water partition coefficient (Wildman–Crippen LogP) is 2.87. The molecule has 0 radical (unpaired) electrons. The molecular formula is C20H15N3O10S2. The van der Waals surface area contributed by atoms with Crippen molar-refractivity contribution in [2.24, 2.45) is 0 Å². The van der Waals surface area contributed by atoms with E-state index in [9.17, 15) is 41.9 Å². The maximum Gasteiger partial charge on any atom is 0.340 e. The summed E-state index contributed by atoms with van der Waals surface area (Å²) in [5, 5.41) is 21.9. The van der Waals surface area contributed by atoms with E-state index in [1.807, 2.05) is 0 Å². The Kier molecular flexibility index (Phi) is 6.84. The molecule has 0 aliphatic heterocycles. The molecule has 0 aliphatic rings. The minimum absolute atomic E-state index is 0.0193. The second-order valence-electron chi connectivity index (χ2n) is 6.72. The molecule has 0 aromatic heterocycles. The number of methoxy groups -OCH3 is 1. The largest absolute Gasteiger partial charge is 0.465 e. The first-order chi connectivity index (χ1) is 16.4. The van der Waals surface area contributed by atoms with Gasteiger partial charge in [-0.05, 0) is 36.4 Å². The highest BCUT2D eigenvalue weighted by Crippen LogP contribution is 2.34. The average molecular weight is 521 g/mol. The Labute approximate surface area is 198 Å². The van der Waals surface area contributed by atoms with Crippen LogP contribution in [0, 0.1) is 20.2 Å². The number of carbonyl (C=O) groups is 1. The van der Waals surface area contributed by atoms with Crippen LogP contribution in [0.1, 0.15) is 10.4 Å². The number of nitro groups is 2. The van der Waals surface area contributed by atoms with Gasteiger partial charge in [-0.25, -0.2) is 21.6 Å². The third-order valence-electron chi connectivity index (χ3n) is 4.63. The summed E-state index contributed by atoms with van der Waals surface area (Å²) in [5.74, 6) is -1.04. The van der Waals surface area contributed by atoms with Crippen molar-refractivity contribution in [3.05, 3.63) is 98.6 Å². The van der Waals surface area contributed by atoms with Crippen LogP contribution in [0.15, 0.2) is 82.6 Å². The van der Waals surface area contributed by atoms with Crippen LogP contribution in [0.3, 0.4) is 0 Å². The van der Waals surface area contributed by atoms with Gasteiger partial charge in [-0.2, -0.15) is 3.71 Å². The number of para-hydroxylation sites is 1. The van der Waals surface area contributed by atoms with Gasteiger partial charge in [0.1, 0.15) is 0 Å². The Morgan fingerprint density at radius 2 is 1.14 bits per heavy atom. The molecule has 0 spiro atoms. The molecule has 0 atom stereocenters. The Hall–Kier alpha value is -4.37. The smallest absolute Gasteiger partial charge is 0.340 e. The number of non-ortho nitro benzene ring substituents is 2. The van der Waals surface area contributed by atoms with E-state index in [1.54, 1.807) is 0 Å². The molecular weight excluding hydrogens is 506 g/mol. The third kappa shape index (κ3) is 4.80. The van der Waals surface area contributed by atoms with Crippen molar-refractivity contribution in [3.63, 3.8) is 0 Å². The van der Waals surface area contributed by atoms with E-state index in [4.69, 9.17) is 0 Å². The lowest BCUT2D eigenvalue weighted by atomic mass is 10.2. The SMILES string of the molecule is COC(=O)c1ccccc1N(S(=O)(=O)c1ccc([N+](=O)[O-])cc1)S(=O)(=O)c1ccc([N+](=O)[O-])cc1. The summed E-state index contributed by atoms with van der Waals surface area (Å²) in [6.07, 6.45) is 0. The second kappa shape index (κ2) is 9.47. The minimum Gasteiger partial charge on any atom is -0.465 e. The summed E-state index contributed by atoms with van der Waals surface area (Å²) in [6, 6.07) is 11.7. The van der Waals surface area contributed by atoms with Gasteiger partial charge in [0.05, 0.1) is 38.0 Å². The molecule has 3 rings (SSSR count). The molecule has 15 heteroatoms. The van der Waals surface area contributed by atoms with Crippen molar-refractivity contribution in [2.45, 2.75) is 9.79 Å². The molecule has 0 bridgehead atoms. The quantitative estimate of drug-likeness (QED) is 0.242. The first-order valence-electron chi connectivity index (χ1n) is 9.38. The van der Waals surface area contributed by atoms with Crippen molar-refractivity contribution >= 4 is 43.1 Å². The highest BCUT2D eigenvalue weighted by Gasteiger charge is 2.39. The highest BCUT2D eigenvalue weighted by molar-refractivity contribution is 8.10. The fourth-order valence-corrected chi connectivity index (χ4v) is 6.70. The van der Waals surface area contributed by atoms with Crippen LogP contribution in [-0.4, -0.2) is 39.8 Å². The zero-order valence-electron chi connectivity index (χ0n) is 17.7. The molecule has 0 N–H and O–H groups in total. The van der Waals surface area contributed by atoms with E-state index >= 15 is 0 Å². The summed E-state index contributed by atoms with van der Waals surface area (Å²) in [4.78, 5) is 31.4. The number of nitrogens with zero attached hydrogens (tertiary/aromatic N) is 3. The first-order valence-corrected chi connectivity index (χ1v) is 12.3. The summed E-state index contributed by atoms with van der Waals surface area (Å²) < 4.78 is 59.0. The van der Waals surface area contributed by atoms with Crippen molar-refractivity contribution in [1.82, 2.24) is 0 Å². The fourth-order valence-electron chi connectivity index (χ4n) is 2.97. The second-order valence-corrected chi connectivity index (χ2v) is 10.5. The van der Waals surface area contributed by atoms with Crippen LogP contribution in [-0.2, 0) is 24.8 Å². The maximum atomic E-state index is 13.6. The van der Waals surface area contributed by atoms with Crippen molar-refractivity contribution < 1.29 is 36.2 Å². The number of sulfonamides is 2. The number of nitro benzene ring substituents is 2. The maximum absolute atomic E-state index is 13.6. The van der Waals surface area contributed by atoms with Gasteiger partial charge in [0.25, 0.3) is 31.4 Å². The number of ether oxygens (including phenoxy) is 1. The lowest BCUT2D eigenvalue weighted by Gasteiger charge is -2.25. The van der Waals surface area contributed by atoms with Crippen LogP contribution in [0.5, 0.6) is 0 Å². The Morgan fingerprint density at radius 3 is 1.51 bits per heavy atom. The number of rotatable bonds is 8. The zero-order valence-corrected chi connectivity index (χ0v) is 19.3. The highest BCUT2D eigenvalue weighted by atomic mass is 32.3. The molecule has 0 fully saturated rings. The topological polar surface area (TPSA) is 184 Å². The van der Waals surface area contributed by atoms with Gasteiger partial charge in [0, 0.05) is 24.3 Å². The minimum atomic E-state index is -5.01. The van der Waals surface area contributed by atoms with Crippen LogP contribution in [0.2, 0.25) is 0 Å². The third-order valence-corrected chi connectivity index (χ3v) is 8.81. The van der Waals surface area contributed by atoms with Gasteiger partial charge in [0.15, 0.2) is 0 Å². The summed E-state index contributed by atoms with van der Waals surface area (Å²) in [5.41, 5.74) is -1.88. The fraction of sp³-hybridized carbons (Fsp3) is 0.0500. The summed E-state index contributed by atoms with van der Waals surface area (Å²) in [7, 11) is -9.01. The molecule has 0 amide bonds. The van der Waals surface area contributed by atoms with E-state index in [0.29, 0.717) is 0 Å². The van der Waals surface area contributed by atoms with Gasteiger partial charge in [0.2, 0.25) is 0 Å².